The molecular weight excluding hydrogens is 293 g/mol. The third kappa shape index (κ3) is 3.02. The molecule has 0 radical (unpaired) electrons. The first-order chi connectivity index (χ1) is 11.2. The van der Waals surface area contributed by atoms with Crippen molar-refractivity contribution in [3.05, 3.63) is 71.5 Å². The zero-order valence-corrected chi connectivity index (χ0v) is 12.9. The summed E-state index contributed by atoms with van der Waals surface area (Å²) < 4.78 is 25.1. The summed E-state index contributed by atoms with van der Waals surface area (Å²) in [7, 11) is 0. The summed E-state index contributed by atoms with van der Waals surface area (Å²) in [6.45, 7) is 1.12. The van der Waals surface area contributed by atoms with E-state index in [1.165, 1.54) is 17.7 Å². The first kappa shape index (κ1) is 14.8. The van der Waals surface area contributed by atoms with Gasteiger partial charge in [-0.15, -0.1) is 0 Å². The van der Waals surface area contributed by atoms with E-state index in [9.17, 15) is 4.39 Å². The van der Waals surface area contributed by atoms with Gasteiger partial charge < -0.3 is 9.47 Å². The lowest BCUT2D eigenvalue weighted by atomic mass is 9.96. The average Bonchev–Trinajstić information content (AvgIpc) is 3.01. The van der Waals surface area contributed by atoms with Gasteiger partial charge in [0.05, 0.1) is 25.4 Å². The van der Waals surface area contributed by atoms with Gasteiger partial charge in [0.25, 0.3) is 0 Å². The Hall–Kier alpha value is -1.75. The second-order valence-electron chi connectivity index (χ2n) is 6.30. The summed E-state index contributed by atoms with van der Waals surface area (Å²) in [5.74, 6) is -0.214. The Morgan fingerprint density at radius 2 is 1.78 bits per heavy atom. The van der Waals surface area contributed by atoms with Crippen LogP contribution in [0.4, 0.5) is 4.39 Å². The Kier molecular flexibility index (Phi) is 3.89. The van der Waals surface area contributed by atoms with Crippen LogP contribution in [0.15, 0.2) is 54.6 Å². The van der Waals surface area contributed by atoms with Crippen molar-refractivity contribution in [1.82, 2.24) is 5.32 Å². The standard InChI is InChI=1S/C19H20FNO2/c20-16-8-6-14(7-9-16)17-12-23-19(21-17)11-10-18(22-13-19)15-4-2-1-3-5-15/h1-9,17-18,21H,10-13H2/t17-,18?,19?/m1/s1. The Bertz CT molecular complexity index is 651. The molecule has 3 atom stereocenters. The number of nitrogens with one attached hydrogen (secondary N) is 1. The van der Waals surface area contributed by atoms with Gasteiger partial charge in [0.15, 0.2) is 0 Å². The second-order valence-corrected chi connectivity index (χ2v) is 6.30. The van der Waals surface area contributed by atoms with Gasteiger partial charge >= 0.3 is 0 Å². The van der Waals surface area contributed by atoms with Crippen LogP contribution < -0.4 is 5.32 Å². The van der Waals surface area contributed by atoms with E-state index < -0.39 is 5.72 Å². The van der Waals surface area contributed by atoms with E-state index in [0.29, 0.717) is 13.2 Å². The minimum Gasteiger partial charge on any atom is -0.369 e. The van der Waals surface area contributed by atoms with Gasteiger partial charge in [-0.2, -0.15) is 0 Å². The lowest BCUT2D eigenvalue weighted by Crippen LogP contribution is -2.49. The second kappa shape index (κ2) is 6.04. The molecule has 2 aromatic rings. The van der Waals surface area contributed by atoms with Gasteiger partial charge in [0, 0.05) is 0 Å². The maximum atomic E-state index is 13.1. The van der Waals surface area contributed by atoms with Crippen molar-refractivity contribution in [2.75, 3.05) is 13.2 Å². The van der Waals surface area contributed by atoms with Crippen molar-refractivity contribution >= 4 is 0 Å². The van der Waals surface area contributed by atoms with Crippen LogP contribution >= 0.6 is 0 Å². The molecule has 2 saturated heterocycles. The molecule has 4 rings (SSSR count). The van der Waals surface area contributed by atoms with Crippen LogP contribution in [0.5, 0.6) is 0 Å². The van der Waals surface area contributed by atoms with E-state index in [-0.39, 0.29) is 18.0 Å². The van der Waals surface area contributed by atoms with Crippen molar-refractivity contribution in [2.45, 2.75) is 30.7 Å². The maximum Gasteiger partial charge on any atom is 0.143 e. The molecule has 1 spiro atoms. The summed E-state index contributed by atoms with van der Waals surface area (Å²) in [4.78, 5) is 0. The van der Waals surface area contributed by atoms with Crippen molar-refractivity contribution in [2.24, 2.45) is 0 Å². The Balaban J connectivity index is 1.41. The number of ether oxygens (including phenoxy) is 2. The lowest BCUT2D eigenvalue weighted by Gasteiger charge is -2.37. The quantitative estimate of drug-likeness (QED) is 0.916. The lowest BCUT2D eigenvalue weighted by molar-refractivity contribution is -0.139. The van der Waals surface area contributed by atoms with Crippen LogP contribution in [0.25, 0.3) is 0 Å². The number of hydrogen-bond acceptors (Lipinski definition) is 3. The van der Waals surface area contributed by atoms with Gasteiger partial charge in [-0.1, -0.05) is 42.5 Å². The summed E-state index contributed by atoms with van der Waals surface area (Å²) in [6.07, 6.45) is 1.97. The number of rotatable bonds is 2. The molecule has 2 aliphatic heterocycles. The molecule has 0 aliphatic carbocycles. The summed E-state index contributed by atoms with van der Waals surface area (Å²) >= 11 is 0. The van der Waals surface area contributed by atoms with Crippen LogP contribution in [0.2, 0.25) is 0 Å². The van der Waals surface area contributed by atoms with E-state index in [1.54, 1.807) is 0 Å². The molecule has 2 aromatic carbocycles. The highest BCUT2D eigenvalue weighted by Gasteiger charge is 2.43. The number of hydrogen-bond donors (Lipinski definition) is 1. The fourth-order valence-corrected chi connectivity index (χ4v) is 3.43. The zero-order valence-electron chi connectivity index (χ0n) is 12.9. The van der Waals surface area contributed by atoms with Crippen molar-refractivity contribution < 1.29 is 13.9 Å². The Morgan fingerprint density at radius 3 is 2.48 bits per heavy atom. The SMILES string of the molecule is Fc1ccc([C@H]2COC3(CCC(c4ccccc4)OC3)N2)cc1. The third-order valence-corrected chi connectivity index (χ3v) is 4.74. The molecule has 2 fully saturated rings. The normalized spacial score (nSPS) is 30.7. The highest BCUT2D eigenvalue weighted by atomic mass is 19.1. The summed E-state index contributed by atoms with van der Waals surface area (Å²) in [6, 6.07) is 17.0. The zero-order chi connectivity index (χ0) is 15.7. The van der Waals surface area contributed by atoms with E-state index >= 15 is 0 Å². The van der Waals surface area contributed by atoms with E-state index in [2.05, 4.69) is 17.4 Å². The smallest absolute Gasteiger partial charge is 0.143 e. The van der Waals surface area contributed by atoms with Crippen molar-refractivity contribution in [3.8, 4) is 0 Å². The number of benzene rings is 2. The molecule has 0 saturated carbocycles. The van der Waals surface area contributed by atoms with Crippen LogP contribution in [-0.2, 0) is 9.47 Å². The largest absolute Gasteiger partial charge is 0.369 e. The van der Waals surface area contributed by atoms with Crippen molar-refractivity contribution in [3.63, 3.8) is 0 Å². The summed E-state index contributed by atoms with van der Waals surface area (Å²) in [5, 5.41) is 3.54. The average molecular weight is 313 g/mol. The minimum absolute atomic E-state index is 0.0903. The first-order valence-electron chi connectivity index (χ1n) is 8.08. The molecule has 23 heavy (non-hydrogen) atoms. The molecule has 2 aliphatic rings. The summed E-state index contributed by atoms with van der Waals surface area (Å²) in [5.41, 5.74) is 1.86. The van der Waals surface area contributed by atoms with Gasteiger partial charge in [0.1, 0.15) is 11.5 Å². The topological polar surface area (TPSA) is 30.5 Å². The predicted molar refractivity (Wildman–Crippen MR) is 85.3 cm³/mol. The van der Waals surface area contributed by atoms with Gasteiger partial charge in [-0.25, -0.2) is 4.39 Å². The van der Waals surface area contributed by atoms with Crippen LogP contribution in [-0.4, -0.2) is 18.9 Å². The van der Waals surface area contributed by atoms with Crippen LogP contribution in [0.3, 0.4) is 0 Å². The predicted octanol–water partition coefficient (Wildman–Crippen LogP) is 3.73. The Morgan fingerprint density at radius 1 is 1.00 bits per heavy atom. The molecule has 1 N–H and O–H groups in total. The molecule has 3 nitrogen and oxygen atoms in total. The van der Waals surface area contributed by atoms with E-state index in [4.69, 9.17) is 9.47 Å². The van der Waals surface area contributed by atoms with Gasteiger partial charge in [0.2, 0.25) is 0 Å². The molecule has 2 unspecified atom stereocenters. The first-order valence-corrected chi connectivity index (χ1v) is 8.08. The van der Waals surface area contributed by atoms with Gasteiger partial charge in [-0.05, 0) is 36.1 Å². The maximum absolute atomic E-state index is 13.1. The highest BCUT2D eigenvalue weighted by Crippen LogP contribution is 2.38. The molecule has 4 heteroatoms. The van der Waals surface area contributed by atoms with E-state index in [0.717, 1.165) is 18.4 Å². The van der Waals surface area contributed by atoms with Crippen LogP contribution in [0, 0.1) is 5.82 Å². The fraction of sp³-hybridized carbons (Fsp3) is 0.368. The molecule has 0 aromatic heterocycles. The molecule has 0 amide bonds. The van der Waals surface area contributed by atoms with Crippen molar-refractivity contribution in [1.29, 1.82) is 0 Å². The number of halogens is 1. The Labute approximate surface area is 135 Å². The monoisotopic (exact) mass is 313 g/mol. The fourth-order valence-electron chi connectivity index (χ4n) is 3.43. The van der Waals surface area contributed by atoms with Gasteiger partial charge in [-0.3, -0.25) is 5.32 Å². The molecular formula is C19H20FNO2. The van der Waals surface area contributed by atoms with E-state index in [1.807, 2.05) is 30.3 Å². The minimum atomic E-state index is -0.412. The highest BCUT2D eigenvalue weighted by molar-refractivity contribution is 5.22. The molecule has 0 bridgehead atoms. The molecule has 2 heterocycles. The third-order valence-electron chi connectivity index (χ3n) is 4.74. The molecule has 120 valence electrons. The van der Waals surface area contributed by atoms with Crippen LogP contribution in [0.1, 0.15) is 36.1 Å².